The summed E-state index contributed by atoms with van der Waals surface area (Å²) in [6, 6.07) is 9.71. The lowest BCUT2D eigenvalue weighted by atomic mass is 10.2. The van der Waals surface area contributed by atoms with Gasteiger partial charge in [-0.15, -0.1) is 0 Å². The van der Waals surface area contributed by atoms with Gasteiger partial charge in [0, 0.05) is 34.6 Å². The quantitative estimate of drug-likeness (QED) is 0.665. The second-order valence-electron chi connectivity index (χ2n) is 5.59. The van der Waals surface area contributed by atoms with E-state index in [1.165, 1.54) is 0 Å². The van der Waals surface area contributed by atoms with Crippen LogP contribution in [0.25, 0.3) is 0 Å². The summed E-state index contributed by atoms with van der Waals surface area (Å²) in [6.45, 7) is 2.81. The van der Waals surface area contributed by atoms with Crippen molar-refractivity contribution in [1.82, 2.24) is 14.3 Å². The molecule has 0 aliphatic heterocycles. The number of carbonyl (C=O) groups is 1. The summed E-state index contributed by atoms with van der Waals surface area (Å²) in [6.07, 6.45) is 1.89. The predicted molar refractivity (Wildman–Crippen MR) is 102 cm³/mol. The van der Waals surface area contributed by atoms with E-state index in [-0.39, 0.29) is 17.2 Å². The molecule has 0 radical (unpaired) electrons. The molecule has 0 saturated heterocycles. The third-order valence-electron chi connectivity index (χ3n) is 3.77. The second kappa shape index (κ2) is 7.79. The van der Waals surface area contributed by atoms with Gasteiger partial charge in [-0.05, 0) is 24.6 Å². The van der Waals surface area contributed by atoms with Gasteiger partial charge >= 0.3 is 4.87 Å². The molecule has 6 nitrogen and oxygen atoms in total. The van der Waals surface area contributed by atoms with Gasteiger partial charge in [-0.25, -0.2) is 4.68 Å². The van der Waals surface area contributed by atoms with Gasteiger partial charge in [-0.1, -0.05) is 39.4 Å². The molecule has 0 unspecified atom stereocenters. The number of halogens is 1. The van der Waals surface area contributed by atoms with E-state index in [1.54, 1.807) is 26.9 Å². The molecule has 8 heteroatoms. The number of hydrogen-bond donors (Lipinski definition) is 1. The SMILES string of the molecule is Cc1csc(=O)n1CCC(=O)Nc1ccnn1Cc1ccc(Br)cc1. The maximum atomic E-state index is 12.2. The minimum Gasteiger partial charge on any atom is -0.311 e. The lowest BCUT2D eigenvalue weighted by Crippen LogP contribution is -2.21. The number of nitrogens with one attached hydrogen (secondary N) is 1. The minimum atomic E-state index is -0.143. The molecule has 2 heterocycles. The molecule has 1 N–H and O–H groups in total. The van der Waals surface area contributed by atoms with E-state index < -0.39 is 0 Å². The number of amides is 1. The van der Waals surface area contributed by atoms with Crippen molar-refractivity contribution in [2.24, 2.45) is 0 Å². The molecule has 2 aromatic heterocycles. The number of anilines is 1. The van der Waals surface area contributed by atoms with Crippen LogP contribution < -0.4 is 10.2 Å². The molecule has 3 rings (SSSR count). The summed E-state index contributed by atoms with van der Waals surface area (Å²) < 4.78 is 4.37. The zero-order valence-corrected chi connectivity index (χ0v) is 16.0. The Morgan fingerprint density at radius 2 is 2.04 bits per heavy atom. The van der Waals surface area contributed by atoms with E-state index >= 15 is 0 Å². The molecule has 25 heavy (non-hydrogen) atoms. The van der Waals surface area contributed by atoms with Gasteiger partial charge in [0.1, 0.15) is 5.82 Å². The Morgan fingerprint density at radius 1 is 1.28 bits per heavy atom. The Kier molecular flexibility index (Phi) is 5.50. The van der Waals surface area contributed by atoms with E-state index in [0.29, 0.717) is 18.9 Å². The maximum Gasteiger partial charge on any atom is 0.307 e. The average Bonchev–Trinajstić information content (AvgIpc) is 3.15. The maximum absolute atomic E-state index is 12.2. The highest BCUT2D eigenvalue weighted by Crippen LogP contribution is 2.14. The number of thiazole rings is 1. The number of hydrogen-bond acceptors (Lipinski definition) is 4. The van der Waals surface area contributed by atoms with Crippen LogP contribution in [-0.4, -0.2) is 20.3 Å². The first-order chi connectivity index (χ1) is 12.0. The Labute approximate surface area is 157 Å². The molecular formula is C17H17BrN4O2S. The van der Waals surface area contributed by atoms with Gasteiger partial charge < -0.3 is 9.88 Å². The van der Waals surface area contributed by atoms with Crippen LogP contribution in [0.4, 0.5) is 5.82 Å². The van der Waals surface area contributed by atoms with Crippen molar-refractivity contribution in [3.05, 3.63) is 67.3 Å². The fourth-order valence-corrected chi connectivity index (χ4v) is 3.45. The zero-order valence-electron chi connectivity index (χ0n) is 13.6. The van der Waals surface area contributed by atoms with Crippen molar-refractivity contribution in [2.45, 2.75) is 26.4 Å². The number of nitrogens with zero attached hydrogens (tertiary/aromatic N) is 3. The van der Waals surface area contributed by atoms with Crippen LogP contribution in [0.1, 0.15) is 17.7 Å². The van der Waals surface area contributed by atoms with Crippen LogP contribution in [0, 0.1) is 6.92 Å². The van der Waals surface area contributed by atoms with Gasteiger partial charge in [0.2, 0.25) is 5.91 Å². The summed E-state index contributed by atoms with van der Waals surface area (Å²) in [5.74, 6) is 0.498. The van der Waals surface area contributed by atoms with Crippen LogP contribution in [-0.2, 0) is 17.9 Å². The number of carbonyl (C=O) groups excluding carboxylic acids is 1. The topological polar surface area (TPSA) is 68.9 Å². The van der Waals surface area contributed by atoms with Crippen LogP contribution in [0.5, 0.6) is 0 Å². The van der Waals surface area contributed by atoms with E-state index in [4.69, 9.17) is 0 Å². The molecular weight excluding hydrogens is 404 g/mol. The standard InChI is InChI=1S/C17H17BrN4O2S/c1-12-11-25-17(24)21(12)9-7-16(23)20-15-6-8-19-22(15)10-13-2-4-14(18)5-3-13/h2-6,8,11H,7,9-10H2,1H3,(H,20,23). The fourth-order valence-electron chi connectivity index (χ4n) is 2.42. The highest BCUT2D eigenvalue weighted by Gasteiger charge is 2.10. The number of benzene rings is 1. The van der Waals surface area contributed by atoms with Crippen molar-refractivity contribution in [3.8, 4) is 0 Å². The summed E-state index contributed by atoms with van der Waals surface area (Å²) in [5.41, 5.74) is 1.96. The molecule has 0 atom stereocenters. The van der Waals surface area contributed by atoms with E-state index in [2.05, 4.69) is 26.3 Å². The summed E-state index contributed by atoms with van der Waals surface area (Å²) >= 11 is 4.56. The van der Waals surface area contributed by atoms with Crippen molar-refractivity contribution in [3.63, 3.8) is 0 Å². The van der Waals surface area contributed by atoms with E-state index in [9.17, 15) is 9.59 Å². The Morgan fingerprint density at radius 3 is 2.72 bits per heavy atom. The summed E-state index contributed by atoms with van der Waals surface area (Å²) in [4.78, 5) is 23.9. The van der Waals surface area contributed by atoms with E-state index in [1.807, 2.05) is 31.2 Å². The Bertz CT molecular complexity index is 927. The predicted octanol–water partition coefficient (Wildman–Crippen LogP) is 3.25. The van der Waals surface area contributed by atoms with Crippen molar-refractivity contribution in [1.29, 1.82) is 0 Å². The average molecular weight is 421 g/mol. The Hall–Kier alpha value is -2.19. The second-order valence-corrected chi connectivity index (χ2v) is 7.33. The lowest BCUT2D eigenvalue weighted by molar-refractivity contribution is -0.116. The molecule has 1 aromatic carbocycles. The van der Waals surface area contributed by atoms with Gasteiger partial charge in [-0.3, -0.25) is 9.59 Å². The highest BCUT2D eigenvalue weighted by molar-refractivity contribution is 9.10. The summed E-state index contributed by atoms with van der Waals surface area (Å²) in [7, 11) is 0. The summed E-state index contributed by atoms with van der Waals surface area (Å²) in [5, 5.41) is 8.92. The third kappa shape index (κ3) is 4.46. The number of rotatable bonds is 6. The molecule has 0 fully saturated rings. The van der Waals surface area contributed by atoms with Crippen LogP contribution in [0.2, 0.25) is 0 Å². The molecule has 0 aliphatic carbocycles. The number of aromatic nitrogens is 3. The fraction of sp³-hybridized carbons (Fsp3) is 0.235. The molecule has 0 saturated carbocycles. The van der Waals surface area contributed by atoms with Crippen molar-refractivity contribution in [2.75, 3.05) is 5.32 Å². The smallest absolute Gasteiger partial charge is 0.307 e. The number of aryl methyl sites for hydroxylation is 1. The lowest BCUT2D eigenvalue weighted by Gasteiger charge is -2.10. The molecule has 0 aliphatic rings. The van der Waals surface area contributed by atoms with Gasteiger partial charge in [0.25, 0.3) is 0 Å². The molecule has 0 bridgehead atoms. The molecule has 130 valence electrons. The normalized spacial score (nSPS) is 10.8. The molecule has 3 aromatic rings. The highest BCUT2D eigenvalue weighted by atomic mass is 79.9. The van der Waals surface area contributed by atoms with E-state index in [0.717, 1.165) is 27.1 Å². The largest absolute Gasteiger partial charge is 0.311 e. The van der Waals surface area contributed by atoms with Gasteiger partial charge in [0.15, 0.2) is 0 Å². The Balaban J connectivity index is 1.61. The van der Waals surface area contributed by atoms with Gasteiger partial charge in [0.05, 0.1) is 12.7 Å². The molecule has 0 spiro atoms. The van der Waals surface area contributed by atoms with Crippen molar-refractivity contribution < 1.29 is 4.79 Å². The van der Waals surface area contributed by atoms with Crippen LogP contribution in [0.3, 0.4) is 0 Å². The third-order valence-corrected chi connectivity index (χ3v) is 5.18. The minimum absolute atomic E-state index is 0.0365. The molecule has 1 amide bonds. The van der Waals surface area contributed by atoms with Crippen LogP contribution >= 0.6 is 27.3 Å². The van der Waals surface area contributed by atoms with Crippen molar-refractivity contribution >= 4 is 39.0 Å². The zero-order chi connectivity index (χ0) is 17.8. The van der Waals surface area contributed by atoms with Crippen LogP contribution in [0.15, 0.2) is 51.2 Å². The first kappa shape index (κ1) is 17.6. The monoisotopic (exact) mass is 420 g/mol. The first-order valence-corrected chi connectivity index (χ1v) is 9.41. The first-order valence-electron chi connectivity index (χ1n) is 7.74. The van der Waals surface area contributed by atoms with Gasteiger partial charge in [-0.2, -0.15) is 5.10 Å².